The maximum absolute atomic E-state index is 6.11. The van der Waals surface area contributed by atoms with Gasteiger partial charge >= 0.3 is 0 Å². The third kappa shape index (κ3) is 2.72. The van der Waals surface area contributed by atoms with Crippen molar-refractivity contribution in [2.75, 3.05) is 12.4 Å². The predicted molar refractivity (Wildman–Crippen MR) is 81.8 cm³/mol. The Bertz CT molecular complexity index is 818. The quantitative estimate of drug-likeness (QED) is 0.747. The number of rotatable bonds is 3. The molecule has 1 aromatic carbocycles. The minimum atomic E-state index is 0.357. The summed E-state index contributed by atoms with van der Waals surface area (Å²) in [4.78, 5) is 8.55. The molecule has 1 N–H and O–H groups in total. The van der Waals surface area contributed by atoms with Crippen molar-refractivity contribution >= 4 is 40.6 Å². The molecule has 0 spiro atoms. The van der Waals surface area contributed by atoms with Gasteiger partial charge in [-0.1, -0.05) is 23.2 Å². The molecule has 0 radical (unpaired) electrons. The average molecular weight is 324 g/mol. The first-order valence-corrected chi connectivity index (χ1v) is 6.83. The van der Waals surface area contributed by atoms with E-state index in [0.717, 1.165) is 5.69 Å². The van der Waals surface area contributed by atoms with Crippen LogP contribution in [0, 0.1) is 6.92 Å². The molecule has 0 bridgehead atoms. The number of nitrogens with zero attached hydrogens (tertiary/aromatic N) is 4. The second-order valence-electron chi connectivity index (χ2n) is 4.34. The van der Waals surface area contributed by atoms with E-state index >= 15 is 0 Å². The first-order chi connectivity index (χ1) is 10.1. The first-order valence-electron chi connectivity index (χ1n) is 6.07. The molecular formula is C13H11Cl2N5O. The molecule has 0 aliphatic carbocycles. The molecule has 0 saturated carbocycles. The monoisotopic (exact) mass is 323 g/mol. The van der Waals surface area contributed by atoms with Gasteiger partial charge in [0.15, 0.2) is 0 Å². The van der Waals surface area contributed by atoms with Crippen molar-refractivity contribution in [3.63, 3.8) is 0 Å². The van der Waals surface area contributed by atoms with E-state index < -0.39 is 0 Å². The van der Waals surface area contributed by atoms with E-state index in [4.69, 9.17) is 27.9 Å². The van der Waals surface area contributed by atoms with Crippen molar-refractivity contribution in [1.82, 2.24) is 19.6 Å². The Morgan fingerprint density at radius 2 is 2.00 bits per heavy atom. The Hall–Kier alpha value is -2.05. The summed E-state index contributed by atoms with van der Waals surface area (Å²) in [5.41, 5.74) is 1.43. The number of aromatic nitrogens is 4. The molecule has 0 unspecified atom stereocenters. The second kappa shape index (κ2) is 5.38. The number of hydrogen-bond acceptors (Lipinski definition) is 5. The molecule has 6 nitrogen and oxygen atoms in total. The fourth-order valence-corrected chi connectivity index (χ4v) is 2.34. The molecule has 0 fully saturated rings. The van der Waals surface area contributed by atoms with Gasteiger partial charge in [0, 0.05) is 10.7 Å². The van der Waals surface area contributed by atoms with Crippen LogP contribution in [0.15, 0.2) is 24.3 Å². The zero-order valence-electron chi connectivity index (χ0n) is 11.3. The van der Waals surface area contributed by atoms with Gasteiger partial charge in [0.2, 0.25) is 5.95 Å². The number of aryl methyl sites for hydroxylation is 1. The minimum Gasteiger partial charge on any atom is -0.495 e. The lowest BCUT2D eigenvalue weighted by Gasteiger charge is -2.08. The summed E-state index contributed by atoms with van der Waals surface area (Å²) in [6, 6.07) is 6.94. The highest BCUT2D eigenvalue weighted by atomic mass is 35.5. The van der Waals surface area contributed by atoms with Crippen LogP contribution in [0.5, 0.6) is 5.75 Å². The van der Waals surface area contributed by atoms with Crippen LogP contribution in [0.2, 0.25) is 10.2 Å². The summed E-state index contributed by atoms with van der Waals surface area (Å²) in [5.74, 6) is 1.41. The van der Waals surface area contributed by atoms with Crippen molar-refractivity contribution in [2.45, 2.75) is 6.92 Å². The van der Waals surface area contributed by atoms with E-state index in [1.165, 1.54) is 4.52 Å². The van der Waals surface area contributed by atoms with Crippen LogP contribution in [0.3, 0.4) is 0 Å². The van der Waals surface area contributed by atoms with Crippen molar-refractivity contribution in [3.8, 4) is 5.75 Å². The van der Waals surface area contributed by atoms with Gasteiger partial charge in [0.1, 0.15) is 10.9 Å². The molecule has 0 aliphatic heterocycles. The summed E-state index contributed by atoms with van der Waals surface area (Å²) in [7, 11) is 1.58. The molecule has 2 heterocycles. The molecule has 0 saturated heterocycles. The number of hydrogen-bond donors (Lipinski definition) is 1. The fourth-order valence-electron chi connectivity index (χ4n) is 1.89. The molecule has 2 aromatic heterocycles. The second-order valence-corrected chi connectivity index (χ2v) is 5.16. The first kappa shape index (κ1) is 13.9. The van der Waals surface area contributed by atoms with Gasteiger partial charge in [-0.05, 0) is 31.2 Å². The van der Waals surface area contributed by atoms with Crippen molar-refractivity contribution < 1.29 is 4.74 Å². The third-order valence-corrected chi connectivity index (χ3v) is 3.31. The van der Waals surface area contributed by atoms with Crippen molar-refractivity contribution in [1.29, 1.82) is 0 Å². The van der Waals surface area contributed by atoms with Crippen LogP contribution in [0.25, 0.3) is 5.78 Å². The van der Waals surface area contributed by atoms with E-state index in [1.54, 1.807) is 31.4 Å². The van der Waals surface area contributed by atoms with Crippen molar-refractivity contribution in [3.05, 3.63) is 40.1 Å². The van der Waals surface area contributed by atoms with Crippen LogP contribution in [-0.2, 0) is 0 Å². The molecule has 0 atom stereocenters. The number of methoxy groups -OCH3 is 1. The Morgan fingerprint density at radius 3 is 2.76 bits per heavy atom. The van der Waals surface area contributed by atoms with Gasteiger partial charge in [-0.3, -0.25) is 0 Å². The zero-order chi connectivity index (χ0) is 15.0. The number of fused-ring (bicyclic) bond motifs is 1. The summed E-state index contributed by atoms with van der Waals surface area (Å²) in [6.45, 7) is 1.84. The van der Waals surface area contributed by atoms with Crippen LogP contribution in [0.1, 0.15) is 5.69 Å². The lowest BCUT2D eigenvalue weighted by atomic mass is 10.3. The summed E-state index contributed by atoms with van der Waals surface area (Å²) in [6.07, 6.45) is 0. The van der Waals surface area contributed by atoms with Crippen LogP contribution in [0.4, 0.5) is 11.6 Å². The van der Waals surface area contributed by atoms with Gasteiger partial charge < -0.3 is 10.1 Å². The number of nitrogens with one attached hydrogen (secondary N) is 1. The summed E-state index contributed by atoms with van der Waals surface area (Å²) in [5, 5.41) is 8.32. The molecule has 3 rings (SSSR count). The highest BCUT2D eigenvalue weighted by Gasteiger charge is 2.11. The van der Waals surface area contributed by atoms with Crippen LogP contribution in [-0.4, -0.2) is 26.7 Å². The number of ether oxygens (including phenoxy) is 1. The van der Waals surface area contributed by atoms with Gasteiger partial charge in [0.25, 0.3) is 5.78 Å². The van der Waals surface area contributed by atoms with E-state index in [-0.39, 0.29) is 0 Å². The Morgan fingerprint density at radius 1 is 1.19 bits per heavy atom. The number of halogens is 2. The summed E-state index contributed by atoms with van der Waals surface area (Å²) >= 11 is 12.1. The smallest absolute Gasteiger partial charge is 0.255 e. The predicted octanol–water partition coefficient (Wildman–Crippen LogP) is 3.49. The molecule has 8 heteroatoms. The average Bonchev–Trinajstić information content (AvgIpc) is 2.81. The maximum atomic E-state index is 6.11. The number of benzene rings is 1. The molecule has 21 heavy (non-hydrogen) atoms. The van der Waals surface area contributed by atoms with Crippen molar-refractivity contribution in [2.24, 2.45) is 0 Å². The van der Waals surface area contributed by atoms with E-state index in [9.17, 15) is 0 Å². The molecular weight excluding hydrogens is 313 g/mol. The molecule has 108 valence electrons. The largest absolute Gasteiger partial charge is 0.495 e. The van der Waals surface area contributed by atoms with Gasteiger partial charge in [-0.2, -0.15) is 9.50 Å². The van der Waals surface area contributed by atoms with Gasteiger partial charge in [0.05, 0.1) is 12.8 Å². The lowest BCUT2D eigenvalue weighted by molar-refractivity contribution is 0.417. The van der Waals surface area contributed by atoms with E-state index in [1.807, 2.05) is 6.92 Å². The Kier molecular flexibility index (Phi) is 3.57. The SMILES string of the molecule is COc1ccc(Cl)cc1Nc1nc2nc(C)cc(Cl)n2n1. The highest BCUT2D eigenvalue weighted by Crippen LogP contribution is 2.29. The standard InChI is InChI=1S/C13H11Cl2N5O/c1-7-5-11(15)20-13(16-7)18-12(19-20)17-9-6-8(14)3-4-10(9)21-2/h3-6H,1-2H3,(H,17,19). The maximum Gasteiger partial charge on any atom is 0.255 e. The van der Waals surface area contributed by atoms with Gasteiger partial charge in [-0.15, -0.1) is 5.10 Å². The Labute approximate surface area is 130 Å². The normalized spacial score (nSPS) is 10.9. The number of anilines is 2. The van der Waals surface area contributed by atoms with Gasteiger partial charge in [-0.25, -0.2) is 4.98 Å². The minimum absolute atomic E-state index is 0.357. The lowest BCUT2D eigenvalue weighted by Crippen LogP contribution is -1.97. The third-order valence-electron chi connectivity index (χ3n) is 2.80. The topological polar surface area (TPSA) is 64.3 Å². The van der Waals surface area contributed by atoms with E-state index in [0.29, 0.717) is 33.3 Å². The van der Waals surface area contributed by atoms with Crippen LogP contribution < -0.4 is 10.1 Å². The molecule has 0 amide bonds. The molecule has 0 aliphatic rings. The fraction of sp³-hybridized carbons (Fsp3) is 0.154. The zero-order valence-corrected chi connectivity index (χ0v) is 12.8. The van der Waals surface area contributed by atoms with Crippen LogP contribution >= 0.6 is 23.2 Å². The molecule has 3 aromatic rings. The van der Waals surface area contributed by atoms with E-state index in [2.05, 4.69) is 20.4 Å². The summed E-state index contributed by atoms with van der Waals surface area (Å²) < 4.78 is 6.72. The Balaban J connectivity index is 2.02. The highest BCUT2D eigenvalue weighted by molar-refractivity contribution is 6.31.